The number of rotatable bonds is 1. The molecule has 0 unspecified atom stereocenters. The van der Waals surface area contributed by atoms with E-state index in [0.717, 1.165) is 17.0 Å². The Bertz CT molecular complexity index is 336. The monoisotopic (exact) mass is 183 g/mol. The standard InChI is InChI=1S/C8H9N3.ClH/c1-9-8-10-6-4-2-3-5-7(6)11-8;/h2-5H,1H3,(H2,9,10,11);1H. The fraction of sp³-hybridized carbons (Fsp3) is 0.125. The van der Waals surface area contributed by atoms with Crippen molar-refractivity contribution in [3.63, 3.8) is 0 Å². The molecule has 2 aromatic rings. The third-order valence-corrected chi connectivity index (χ3v) is 1.63. The highest BCUT2D eigenvalue weighted by Crippen LogP contribution is 2.11. The molecule has 0 radical (unpaired) electrons. The summed E-state index contributed by atoms with van der Waals surface area (Å²) in [7, 11) is 1.84. The lowest BCUT2D eigenvalue weighted by atomic mass is 10.3. The molecule has 12 heavy (non-hydrogen) atoms. The quantitative estimate of drug-likeness (QED) is 0.710. The van der Waals surface area contributed by atoms with Crippen molar-refractivity contribution in [2.75, 3.05) is 12.4 Å². The van der Waals surface area contributed by atoms with Crippen molar-refractivity contribution in [1.29, 1.82) is 0 Å². The van der Waals surface area contributed by atoms with Crippen LogP contribution < -0.4 is 5.32 Å². The maximum absolute atomic E-state index is 4.26. The Morgan fingerprint density at radius 1 is 1.33 bits per heavy atom. The van der Waals surface area contributed by atoms with Crippen molar-refractivity contribution >= 4 is 29.4 Å². The molecule has 0 aliphatic carbocycles. The smallest absolute Gasteiger partial charge is 0.200 e. The van der Waals surface area contributed by atoms with Gasteiger partial charge in [0.05, 0.1) is 11.0 Å². The van der Waals surface area contributed by atoms with Gasteiger partial charge in [-0.2, -0.15) is 0 Å². The minimum Gasteiger partial charge on any atom is -0.359 e. The lowest BCUT2D eigenvalue weighted by Crippen LogP contribution is -1.88. The first-order valence-electron chi connectivity index (χ1n) is 3.52. The normalized spacial score (nSPS) is 9.42. The Morgan fingerprint density at radius 2 is 2.08 bits per heavy atom. The van der Waals surface area contributed by atoms with Gasteiger partial charge >= 0.3 is 0 Å². The van der Waals surface area contributed by atoms with Crippen molar-refractivity contribution in [1.82, 2.24) is 9.97 Å². The molecular weight excluding hydrogens is 174 g/mol. The molecule has 64 valence electrons. The van der Waals surface area contributed by atoms with Crippen molar-refractivity contribution in [2.45, 2.75) is 0 Å². The molecular formula is C8H10ClN3. The van der Waals surface area contributed by atoms with Crippen molar-refractivity contribution in [2.24, 2.45) is 0 Å². The zero-order valence-corrected chi connectivity index (χ0v) is 7.48. The summed E-state index contributed by atoms with van der Waals surface area (Å²) in [6.45, 7) is 0. The van der Waals surface area contributed by atoms with E-state index in [9.17, 15) is 0 Å². The molecule has 0 saturated carbocycles. The second-order valence-corrected chi connectivity index (χ2v) is 2.35. The number of fused-ring (bicyclic) bond motifs is 1. The molecule has 0 saturated heterocycles. The minimum absolute atomic E-state index is 0. The third kappa shape index (κ3) is 1.36. The van der Waals surface area contributed by atoms with E-state index in [4.69, 9.17) is 0 Å². The van der Waals surface area contributed by atoms with E-state index < -0.39 is 0 Å². The van der Waals surface area contributed by atoms with Crippen LogP contribution >= 0.6 is 12.4 Å². The van der Waals surface area contributed by atoms with Crippen LogP contribution in [0.15, 0.2) is 24.3 Å². The maximum Gasteiger partial charge on any atom is 0.200 e. The highest BCUT2D eigenvalue weighted by molar-refractivity contribution is 5.85. The van der Waals surface area contributed by atoms with Crippen LogP contribution in [-0.2, 0) is 0 Å². The highest BCUT2D eigenvalue weighted by atomic mass is 35.5. The van der Waals surface area contributed by atoms with Crippen LogP contribution in [0.1, 0.15) is 0 Å². The summed E-state index contributed by atoms with van der Waals surface area (Å²) in [5, 5.41) is 2.95. The molecule has 0 aliphatic rings. The van der Waals surface area contributed by atoms with E-state index in [1.165, 1.54) is 0 Å². The number of nitrogens with one attached hydrogen (secondary N) is 2. The second kappa shape index (κ2) is 3.45. The summed E-state index contributed by atoms with van der Waals surface area (Å²) < 4.78 is 0. The average Bonchev–Trinajstić information content (AvgIpc) is 2.46. The Balaban J connectivity index is 0.000000720. The van der Waals surface area contributed by atoms with Gasteiger partial charge in [-0.3, -0.25) is 0 Å². The molecule has 0 amide bonds. The SMILES string of the molecule is CNc1nc2ccccc2[nH]1.Cl. The van der Waals surface area contributed by atoms with Gasteiger partial charge in [-0.15, -0.1) is 12.4 Å². The molecule has 0 aliphatic heterocycles. The van der Waals surface area contributed by atoms with Gasteiger partial charge in [0.2, 0.25) is 5.95 Å². The second-order valence-electron chi connectivity index (χ2n) is 2.35. The van der Waals surface area contributed by atoms with Gasteiger partial charge in [-0.25, -0.2) is 4.98 Å². The molecule has 1 aromatic carbocycles. The molecule has 4 heteroatoms. The largest absolute Gasteiger partial charge is 0.359 e. The van der Waals surface area contributed by atoms with Crippen LogP contribution in [-0.4, -0.2) is 17.0 Å². The van der Waals surface area contributed by atoms with Crippen LogP contribution in [0, 0.1) is 0 Å². The van der Waals surface area contributed by atoms with E-state index in [1.54, 1.807) is 0 Å². The summed E-state index contributed by atoms with van der Waals surface area (Å²) >= 11 is 0. The van der Waals surface area contributed by atoms with Crippen molar-refractivity contribution in [3.8, 4) is 0 Å². The number of para-hydroxylation sites is 2. The van der Waals surface area contributed by atoms with E-state index in [2.05, 4.69) is 15.3 Å². The molecule has 2 N–H and O–H groups in total. The van der Waals surface area contributed by atoms with Crippen LogP contribution in [0.25, 0.3) is 11.0 Å². The Hall–Kier alpha value is -1.22. The van der Waals surface area contributed by atoms with Gasteiger partial charge < -0.3 is 10.3 Å². The molecule has 0 fully saturated rings. The number of aromatic amines is 1. The Morgan fingerprint density at radius 3 is 2.75 bits per heavy atom. The number of anilines is 1. The number of hydrogen-bond acceptors (Lipinski definition) is 2. The zero-order valence-electron chi connectivity index (χ0n) is 6.66. The van der Waals surface area contributed by atoms with Gasteiger partial charge in [0.15, 0.2) is 0 Å². The fourth-order valence-electron chi connectivity index (χ4n) is 1.07. The molecule has 1 aromatic heterocycles. The molecule has 0 spiro atoms. The van der Waals surface area contributed by atoms with Crippen LogP contribution in [0.5, 0.6) is 0 Å². The van der Waals surface area contributed by atoms with Crippen molar-refractivity contribution in [3.05, 3.63) is 24.3 Å². The minimum atomic E-state index is 0. The zero-order chi connectivity index (χ0) is 7.68. The molecule has 1 heterocycles. The molecule has 0 bridgehead atoms. The Kier molecular flexibility index (Phi) is 2.55. The molecule has 0 atom stereocenters. The first kappa shape index (κ1) is 8.87. The summed E-state index contributed by atoms with van der Waals surface area (Å²) in [6.07, 6.45) is 0. The number of imidazole rings is 1. The summed E-state index contributed by atoms with van der Waals surface area (Å²) in [6, 6.07) is 7.94. The molecule has 3 nitrogen and oxygen atoms in total. The number of halogens is 1. The lowest BCUT2D eigenvalue weighted by molar-refractivity contribution is 1.28. The van der Waals surface area contributed by atoms with Crippen LogP contribution in [0.4, 0.5) is 5.95 Å². The van der Waals surface area contributed by atoms with Crippen LogP contribution in [0.2, 0.25) is 0 Å². The summed E-state index contributed by atoms with van der Waals surface area (Å²) in [4.78, 5) is 7.39. The van der Waals surface area contributed by atoms with Gasteiger partial charge in [-0.05, 0) is 12.1 Å². The summed E-state index contributed by atoms with van der Waals surface area (Å²) in [5.74, 6) is 0.811. The van der Waals surface area contributed by atoms with E-state index in [-0.39, 0.29) is 12.4 Å². The van der Waals surface area contributed by atoms with Gasteiger partial charge in [0.25, 0.3) is 0 Å². The Labute approximate surface area is 76.6 Å². The number of hydrogen-bond donors (Lipinski definition) is 2. The number of aromatic nitrogens is 2. The predicted molar refractivity (Wildman–Crippen MR) is 52.9 cm³/mol. The number of nitrogens with zero attached hydrogens (tertiary/aromatic N) is 1. The van der Waals surface area contributed by atoms with Crippen LogP contribution in [0.3, 0.4) is 0 Å². The van der Waals surface area contributed by atoms with E-state index >= 15 is 0 Å². The third-order valence-electron chi connectivity index (χ3n) is 1.63. The predicted octanol–water partition coefficient (Wildman–Crippen LogP) is 2.03. The fourth-order valence-corrected chi connectivity index (χ4v) is 1.07. The van der Waals surface area contributed by atoms with E-state index in [0.29, 0.717) is 0 Å². The first-order chi connectivity index (χ1) is 5.40. The van der Waals surface area contributed by atoms with Gasteiger partial charge in [0.1, 0.15) is 0 Å². The summed E-state index contributed by atoms with van der Waals surface area (Å²) in [5.41, 5.74) is 2.06. The first-order valence-corrected chi connectivity index (χ1v) is 3.52. The number of H-pyrrole nitrogens is 1. The lowest BCUT2D eigenvalue weighted by Gasteiger charge is -1.86. The van der Waals surface area contributed by atoms with Gasteiger partial charge in [0, 0.05) is 7.05 Å². The highest BCUT2D eigenvalue weighted by Gasteiger charge is 1.96. The molecule has 2 rings (SSSR count). The topological polar surface area (TPSA) is 40.7 Å². The van der Waals surface area contributed by atoms with Gasteiger partial charge in [-0.1, -0.05) is 12.1 Å². The number of benzene rings is 1. The van der Waals surface area contributed by atoms with E-state index in [1.807, 2.05) is 31.3 Å². The average molecular weight is 184 g/mol. The van der Waals surface area contributed by atoms with Crippen molar-refractivity contribution < 1.29 is 0 Å². The maximum atomic E-state index is 4.26.